The van der Waals surface area contributed by atoms with Gasteiger partial charge in [0.25, 0.3) is 6.71 Å². The van der Waals surface area contributed by atoms with E-state index in [1.54, 1.807) is 0 Å². The molecule has 0 N–H and O–H groups in total. The predicted octanol–water partition coefficient (Wildman–Crippen LogP) is 17.3. The van der Waals surface area contributed by atoms with Crippen LogP contribution in [0.4, 0.5) is 17.1 Å². The largest absolute Gasteiger partial charge is 0.458 e. The lowest BCUT2D eigenvalue weighted by atomic mass is 9.34. The number of rotatable bonds is 3. The molecule has 0 atom stereocenters. The Balaban J connectivity index is 0.866. The predicted molar refractivity (Wildman–Crippen MR) is 336 cm³/mol. The summed E-state index contributed by atoms with van der Waals surface area (Å²) in [5.74, 6) is 3.41. The second-order valence-corrected chi connectivity index (χ2v) is 24.8. The molecule has 0 fully saturated rings. The average Bonchev–Trinajstić information content (AvgIpc) is 4.35. The van der Waals surface area contributed by atoms with Gasteiger partial charge in [-0.2, -0.15) is 0 Å². The quantitative estimate of drug-likeness (QED) is 0.165. The monoisotopic (exact) mass is 1040 g/mol. The summed E-state index contributed by atoms with van der Waals surface area (Å²) >= 11 is 0. The van der Waals surface area contributed by atoms with Gasteiger partial charge in [0.2, 0.25) is 0 Å². The minimum absolute atomic E-state index is 0.0396. The van der Waals surface area contributed by atoms with Crippen molar-refractivity contribution in [3.63, 3.8) is 0 Å². The number of benzene rings is 11. The van der Waals surface area contributed by atoms with Crippen LogP contribution in [0.15, 0.2) is 231 Å². The fourth-order valence-electron chi connectivity index (χ4n) is 14.7. The first-order chi connectivity index (χ1) is 39.4. The number of anilines is 3. The topological polar surface area (TPSA) is 31.6 Å². The Kier molecular flexibility index (Phi) is 9.34. The lowest BCUT2D eigenvalue weighted by molar-refractivity contribution is 0.463. The van der Waals surface area contributed by atoms with Crippen LogP contribution in [-0.2, 0) is 16.2 Å². The third-order valence-electron chi connectivity index (χ3n) is 18.3. The van der Waals surface area contributed by atoms with Crippen molar-refractivity contribution in [1.82, 2.24) is 9.13 Å². The molecule has 0 saturated carbocycles. The smallest absolute Gasteiger partial charge is 0.260 e. The minimum Gasteiger partial charge on any atom is -0.458 e. The molecular weight excluding hydrogens is 986 g/mol. The van der Waals surface area contributed by atoms with Crippen LogP contribution in [0.5, 0.6) is 23.0 Å². The van der Waals surface area contributed by atoms with Gasteiger partial charge in [0.05, 0.1) is 44.5 Å². The number of nitrogens with zero attached hydrogens (tertiary/aromatic N) is 3. The standard InChI is InChI=1S/C75H56BN3O2/c1-73(2,3)45-31-39-66-60(41-45)76-61-42-46(74(4,5)6)32-40-67(61)81-69-44-49(43-68(80-66)70(69)76)79-63-28-16-10-22-53(63)55-38-37-54-52-21-9-15-27-62(52)78(71(54)72(55)79)48-35-33-47(34-36-48)77-64-29-17-13-25-58(64)75(59-26-14-18-30-65(59)77)56-23-11-7-19-50(56)51-20-8-12-24-57(51)75/h7-44H,1-6H3. The molecule has 2 aromatic heterocycles. The highest BCUT2D eigenvalue weighted by atomic mass is 16.5. The van der Waals surface area contributed by atoms with Gasteiger partial charge in [-0.05, 0) is 127 Å². The molecule has 5 heterocycles. The maximum Gasteiger partial charge on any atom is 0.260 e. The molecule has 1 aliphatic carbocycles. The molecular formula is C75H56BN3O2. The first-order valence-corrected chi connectivity index (χ1v) is 28.5. The molecule has 0 bridgehead atoms. The van der Waals surface area contributed by atoms with E-state index in [-0.39, 0.29) is 17.5 Å². The fourth-order valence-corrected chi connectivity index (χ4v) is 14.7. The van der Waals surface area contributed by atoms with E-state index < -0.39 is 5.41 Å². The first kappa shape index (κ1) is 46.4. The maximum atomic E-state index is 7.16. The van der Waals surface area contributed by atoms with Gasteiger partial charge in [-0.25, -0.2) is 0 Å². The van der Waals surface area contributed by atoms with Gasteiger partial charge in [0.1, 0.15) is 23.0 Å². The molecule has 3 aliphatic heterocycles. The van der Waals surface area contributed by atoms with Crippen molar-refractivity contribution in [3.8, 4) is 45.5 Å². The molecule has 81 heavy (non-hydrogen) atoms. The Bertz CT molecular complexity index is 4690. The summed E-state index contributed by atoms with van der Waals surface area (Å²) in [5.41, 5.74) is 23.3. The maximum absolute atomic E-state index is 7.16. The van der Waals surface area contributed by atoms with Crippen LogP contribution in [0.1, 0.15) is 74.9 Å². The van der Waals surface area contributed by atoms with Crippen molar-refractivity contribution >= 4 is 83.8 Å². The van der Waals surface area contributed by atoms with E-state index in [1.807, 2.05) is 0 Å². The summed E-state index contributed by atoms with van der Waals surface area (Å²) in [6.07, 6.45) is 0. The number of para-hydroxylation sites is 4. The normalized spacial score (nSPS) is 14.3. The first-order valence-electron chi connectivity index (χ1n) is 28.5. The zero-order valence-electron chi connectivity index (χ0n) is 46.2. The number of ether oxygens (including phenoxy) is 2. The Morgan fingerprint density at radius 1 is 0.358 bits per heavy atom. The molecule has 17 rings (SSSR count). The molecule has 0 unspecified atom stereocenters. The van der Waals surface area contributed by atoms with Crippen LogP contribution in [0.3, 0.4) is 0 Å². The minimum atomic E-state index is -0.472. The third-order valence-corrected chi connectivity index (χ3v) is 18.3. The molecule has 4 aliphatic rings. The van der Waals surface area contributed by atoms with Crippen molar-refractivity contribution in [2.75, 3.05) is 4.90 Å². The van der Waals surface area contributed by atoms with Crippen molar-refractivity contribution in [1.29, 1.82) is 0 Å². The van der Waals surface area contributed by atoms with Crippen LogP contribution in [0.25, 0.3) is 66.1 Å². The zero-order valence-corrected chi connectivity index (χ0v) is 46.2. The third kappa shape index (κ3) is 6.28. The summed E-state index contributed by atoms with van der Waals surface area (Å²) in [7, 11) is 0. The Labute approximate surface area is 472 Å². The van der Waals surface area contributed by atoms with Gasteiger partial charge in [-0.3, -0.25) is 0 Å². The van der Waals surface area contributed by atoms with E-state index in [1.165, 1.54) is 88.4 Å². The number of fused-ring (bicyclic) bond motifs is 20. The zero-order chi connectivity index (χ0) is 54.3. The van der Waals surface area contributed by atoms with Gasteiger partial charge in [0.15, 0.2) is 0 Å². The van der Waals surface area contributed by atoms with Crippen molar-refractivity contribution in [3.05, 3.63) is 264 Å². The summed E-state index contributed by atoms with van der Waals surface area (Å²) in [4.78, 5) is 2.48. The second kappa shape index (κ2) is 16.3. The van der Waals surface area contributed by atoms with Gasteiger partial charge in [-0.15, -0.1) is 0 Å². The van der Waals surface area contributed by atoms with E-state index in [4.69, 9.17) is 9.47 Å². The van der Waals surface area contributed by atoms with Crippen LogP contribution in [-0.4, -0.2) is 15.8 Å². The Morgan fingerprint density at radius 2 is 0.778 bits per heavy atom. The average molecular weight is 1040 g/mol. The summed E-state index contributed by atoms with van der Waals surface area (Å²) < 4.78 is 19.3. The second-order valence-electron chi connectivity index (χ2n) is 24.8. The summed E-state index contributed by atoms with van der Waals surface area (Å²) in [6, 6.07) is 85.9. The van der Waals surface area contributed by atoms with Crippen LogP contribution in [0.2, 0.25) is 0 Å². The summed E-state index contributed by atoms with van der Waals surface area (Å²) in [5, 5.41) is 4.74. The van der Waals surface area contributed by atoms with E-state index in [0.29, 0.717) is 0 Å². The number of hydrogen-bond acceptors (Lipinski definition) is 3. The number of hydrogen-bond donors (Lipinski definition) is 0. The van der Waals surface area contributed by atoms with Crippen LogP contribution in [0, 0.1) is 0 Å². The molecule has 13 aromatic rings. The fraction of sp³-hybridized carbons (Fsp3) is 0.120. The molecule has 0 radical (unpaired) electrons. The summed E-state index contributed by atoms with van der Waals surface area (Å²) in [6.45, 7) is 13.6. The molecule has 0 amide bonds. The van der Waals surface area contributed by atoms with Gasteiger partial charge in [-0.1, -0.05) is 199 Å². The lowest BCUT2D eigenvalue weighted by Crippen LogP contribution is -2.57. The van der Waals surface area contributed by atoms with Crippen LogP contribution >= 0.6 is 0 Å². The Hall–Kier alpha value is -9.52. The van der Waals surface area contributed by atoms with Crippen molar-refractivity contribution < 1.29 is 9.47 Å². The SMILES string of the molecule is CC(C)(C)c1ccc2c(c1)B1c3cc(C(C)(C)C)ccc3Oc3cc(-n4c5ccccc5c5ccc6c7ccccc7n(-c7ccc(N8c9ccccc9C9(c%10ccccc%10-c%10ccccc%109)c9ccccc98)cc7)c6c54)cc(c31)O2. The van der Waals surface area contributed by atoms with E-state index in [9.17, 15) is 0 Å². The molecule has 5 nitrogen and oxygen atoms in total. The molecule has 6 heteroatoms. The van der Waals surface area contributed by atoms with Gasteiger partial charge >= 0.3 is 0 Å². The van der Waals surface area contributed by atoms with Crippen molar-refractivity contribution in [2.24, 2.45) is 0 Å². The molecule has 386 valence electrons. The van der Waals surface area contributed by atoms with E-state index in [0.717, 1.165) is 67.6 Å². The van der Waals surface area contributed by atoms with E-state index in [2.05, 4.69) is 286 Å². The van der Waals surface area contributed by atoms with Crippen LogP contribution < -0.4 is 30.8 Å². The number of aromatic nitrogens is 2. The lowest BCUT2D eigenvalue weighted by Gasteiger charge is -2.45. The van der Waals surface area contributed by atoms with Gasteiger partial charge in [0, 0.05) is 50.5 Å². The Morgan fingerprint density at radius 3 is 1.27 bits per heavy atom. The highest BCUT2D eigenvalue weighted by Crippen LogP contribution is 2.63. The molecule has 1 spiro atoms. The highest BCUT2D eigenvalue weighted by molar-refractivity contribution is 6.98. The molecule has 11 aromatic carbocycles. The molecule has 0 saturated heterocycles. The highest BCUT2D eigenvalue weighted by Gasteiger charge is 2.51. The van der Waals surface area contributed by atoms with Gasteiger partial charge < -0.3 is 23.5 Å². The van der Waals surface area contributed by atoms with Crippen molar-refractivity contribution in [2.45, 2.75) is 57.8 Å². The van der Waals surface area contributed by atoms with E-state index >= 15 is 0 Å².